The molecule has 0 unspecified atom stereocenters. The standard InChI is InChI=1S/C15H20F2N2O4S/c1-9-4-5-11(16)13(14(9)17)15(20)18-12-7-23-6-10(12)8-24(21,22)19(2)3/h4-5,10,12H,6-8H2,1-3H3,(H,18,20)/t10-,12+/m0/s1. The number of halogens is 2. The van der Waals surface area contributed by atoms with E-state index in [0.29, 0.717) is 0 Å². The molecule has 134 valence electrons. The summed E-state index contributed by atoms with van der Waals surface area (Å²) in [6.45, 7) is 1.67. The van der Waals surface area contributed by atoms with Crippen molar-refractivity contribution >= 4 is 15.9 Å². The Hall–Kier alpha value is -1.58. The van der Waals surface area contributed by atoms with Crippen LogP contribution < -0.4 is 5.32 Å². The summed E-state index contributed by atoms with van der Waals surface area (Å²) in [5.41, 5.74) is -0.521. The van der Waals surface area contributed by atoms with E-state index in [2.05, 4.69) is 5.32 Å². The molecule has 2 atom stereocenters. The summed E-state index contributed by atoms with van der Waals surface area (Å²) in [5, 5.41) is 2.49. The number of ether oxygens (including phenoxy) is 1. The second-order valence-electron chi connectivity index (χ2n) is 5.99. The molecule has 0 radical (unpaired) electrons. The van der Waals surface area contributed by atoms with Crippen LogP contribution in [0.4, 0.5) is 8.78 Å². The maximum Gasteiger partial charge on any atom is 0.257 e. The van der Waals surface area contributed by atoms with Crippen LogP contribution in [0.25, 0.3) is 0 Å². The Morgan fingerprint density at radius 3 is 2.62 bits per heavy atom. The van der Waals surface area contributed by atoms with E-state index in [1.165, 1.54) is 27.1 Å². The highest BCUT2D eigenvalue weighted by Crippen LogP contribution is 2.20. The first-order valence-corrected chi connectivity index (χ1v) is 8.98. The van der Waals surface area contributed by atoms with Gasteiger partial charge in [-0.1, -0.05) is 6.07 Å². The summed E-state index contributed by atoms with van der Waals surface area (Å²) in [4.78, 5) is 12.2. The van der Waals surface area contributed by atoms with Crippen LogP contribution in [0.5, 0.6) is 0 Å². The largest absolute Gasteiger partial charge is 0.379 e. The van der Waals surface area contributed by atoms with E-state index in [1.807, 2.05) is 0 Å². The fraction of sp³-hybridized carbons (Fsp3) is 0.533. The lowest BCUT2D eigenvalue weighted by Crippen LogP contribution is -2.44. The highest BCUT2D eigenvalue weighted by Gasteiger charge is 2.35. The SMILES string of the molecule is Cc1ccc(F)c(C(=O)N[C@@H]2COC[C@H]2CS(=O)(=O)N(C)C)c1F. The zero-order valence-corrected chi connectivity index (χ0v) is 14.5. The van der Waals surface area contributed by atoms with Crippen molar-refractivity contribution in [1.29, 1.82) is 0 Å². The molecule has 0 saturated carbocycles. The fourth-order valence-electron chi connectivity index (χ4n) is 2.45. The number of hydrogen-bond acceptors (Lipinski definition) is 4. The molecule has 1 aliphatic rings. The molecular formula is C15H20F2N2O4S. The van der Waals surface area contributed by atoms with E-state index in [4.69, 9.17) is 4.74 Å². The smallest absolute Gasteiger partial charge is 0.257 e. The van der Waals surface area contributed by atoms with Crippen molar-refractivity contribution < 1.29 is 26.7 Å². The molecule has 1 aliphatic heterocycles. The van der Waals surface area contributed by atoms with Gasteiger partial charge < -0.3 is 10.1 Å². The molecule has 1 heterocycles. The molecule has 1 aromatic rings. The minimum Gasteiger partial charge on any atom is -0.379 e. The predicted octanol–water partition coefficient (Wildman–Crippen LogP) is 0.909. The molecule has 0 aromatic heterocycles. The summed E-state index contributed by atoms with van der Waals surface area (Å²) in [5.74, 6) is -3.52. The van der Waals surface area contributed by atoms with Gasteiger partial charge in [0.05, 0.1) is 25.0 Å². The Morgan fingerprint density at radius 1 is 1.33 bits per heavy atom. The molecule has 0 spiro atoms. The molecule has 9 heteroatoms. The lowest BCUT2D eigenvalue weighted by atomic mass is 10.0. The number of aryl methyl sites for hydroxylation is 1. The number of nitrogens with one attached hydrogen (secondary N) is 1. The van der Waals surface area contributed by atoms with Gasteiger partial charge >= 0.3 is 0 Å². The third-order valence-corrected chi connectivity index (χ3v) is 5.97. The first kappa shape index (κ1) is 18.8. The summed E-state index contributed by atoms with van der Waals surface area (Å²) >= 11 is 0. The van der Waals surface area contributed by atoms with Crippen molar-refractivity contribution in [3.8, 4) is 0 Å². The summed E-state index contributed by atoms with van der Waals surface area (Å²) in [6.07, 6.45) is 0. The molecule has 1 aromatic carbocycles. The molecule has 0 bridgehead atoms. The zero-order valence-electron chi connectivity index (χ0n) is 13.7. The number of amides is 1. The Kier molecular flexibility index (Phi) is 5.56. The number of nitrogens with zero attached hydrogens (tertiary/aromatic N) is 1. The van der Waals surface area contributed by atoms with Crippen LogP contribution in [-0.2, 0) is 14.8 Å². The van der Waals surface area contributed by atoms with Crippen LogP contribution in [-0.4, -0.2) is 57.7 Å². The second kappa shape index (κ2) is 7.12. The van der Waals surface area contributed by atoms with Gasteiger partial charge in [0.15, 0.2) is 0 Å². The normalized spacial score (nSPS) is 21.2. The highest BCUT2D eigenvalue weighted by molar-refractivity contribution is 7.89. The average Bonchev–Trinajstić information content (AvgIpc) is 2.89. The lowest BCUT2D eigenvalue weighted by molar-refractivity contribution is 0.0917. The van der Waals surface area contributed by atoms with E-state index < -0.39 is 45.1 Å². The first-order chi connectivity index (χ1) is 11.1. The lowest BCUT2D eigenvalue weighted by Gasteiger charge is -2.21. The van der Waals surface area contributed by atoms with E-state index in [1.54, 1.807) is 0 Å². The van der Waals surface area contributed by atoms with Gasteiger partial charge in [-0.3, -0.25) is 4.79 Å². The maximum atomic E-state index is 14.0. The topological polar surface area (TPSA) is 75.7 Å². The Bertz CT molecular complexity index is 737. The van der Waals surface area contributed by atoms with E-state index in [9.17, 15) is 22.0 Å². The minimum atomic E-state index is -3.48. The number of carbonyl (C=O) groups excluding carboxylic acids is 1. The summed E-state index contributed by atoms with van der Waals surface area (Å²) in [6, 6.07) is 1.63. The van der Waals surface area contributed by atoms with Gasteiger partial charge in [0.2, 0.25) is 10.0 Å². The second-order valence-corrected chi connectivity index (χ2v) is 8.22. The van der Waals surface area contributed by atoms with Crippen molar-refractivity contribution in [3.63, 3.8) is 0 Å². The predicted molar refractivity (Wildman–Crippen MR) is 84.1 cm³/mol. The van der Waals surface area contributed by atoms with Crippen molar-refractivity contribution in [3.05, 3.63) is 34.9 Å². The van der Waals surface area contributed by atoms with Gasteiger partial charge in [-0.2, -0.15) is 0 Å². The third kappa shape index (κ3) is 3.90. The number of sulfonamides is 1. The van der Waals surface area contributed by atoms with Gasteiger partial charge in [-0.05, 0) is 18.6 Å². The number of carbonyl (C=O) groups is 1. The van der Waals surface area contributed by atoms with Gasteiger partial charge in [-0.15, -0.1) is 0 Å². The van der Waals surface area contributed by atoms with Gasteiger partial charge in [0, 0.05) is 20.0 Å². The van der Waals surface area contributed by atoms with Crippen LogP contribution >= 0.6 is 0 Å². The van der Waals surface area contributed by atoms with Gasteiger partial charge in [0.25, 0.3) is 5.91 Å². The monoisotopic (exact) mass is 362 g/mol. The summed E-state index contributed by atoms with van der Waals surface area (Å²) < 4.78 is 58.1. The summed E-state index contributed by atoms with van der Waals surface area (Å²) in [7, 11) is -0.658. The average molecular weight is 362 g/mol. The Labute approximate surface area is 139 Å². The van der Waals surface area contributed by atoms with Crippen molar-refractivity contribution in [1.82, 2.24) is 9.62 Å². The third-order valence-electron chi connectivity index (χ3n) is 4.01. The molecular weight excluding hydrogens is 342 g/mol. The van der Waals surface area contributed by atoms with E-state index >= 15 is 0 Å². The Balaban J connectivity index is 2.16. The fourth-order valence-corrected chi connectivity index (χ4v) is 3.62. The maximum absolute atomic E-state index is 14.0. The van der Waals surface area contributed by atoms with Gasteiger partial charge in [0.1, 0.15) is 17.2 Å². The van der Waals surface area contributed by atoms with E-state index in [-0.39, 0.29) is 24.5 Å². The molecule has 1 amide bonds. The molecule has 1 saturated heterocycles. The van der Waals surface area contributed by atoms with Crippen LogP contribution in [0.2, 0.25) is 0 Å². The Morgan fingerprint density at radius 2 is 2.00 bits per heavy atom. The van der Waals surface area contributed by atoms with Crippen LogP contribution in [0.3, 0.4) is 0 Å². The number of benzene rings is 1. The van der Waals surface area contributed by atoms with Crippen LogP contribution in [0.15, 0.2) is 12.1 Å². The quantitative estimate of drug-likeness (QED) is 0.845. The molecule has 2 rings (SSSR count). The van der Waals surface area contributed by atoms with Crippen LogP contribution in [0, 0.1) is 24.5 Å². The zero-order chi connectivity index (χ0) is 18.1. The molecule has 6 nitrogen and oxygen atoms in total. The van der Waals surface area contributed by atoms with Gasteiger partial charge in [-0.25, -0.2) is 21.5 Å². The molecule has 1 fully saturated rings. The highest BCUT2D eigenvalue weighted by atomic mass is 32.2. The minimum absolute atomic E-state index is 0.0917. The van der Waals surface area contributed by atoms with E-state index in [0.717, 1.165) is 10.4 Å². The molecule has 24 heavy (non-hydrogen) atoms. The van der Waals surface area contributed by atoms with Crippen molar-refractivity contribution in [2.24, 2.45) is 5.92 Å². The first-order valence-electron chi connectivity index (χ1n) is 7.37. The molecule has 1 N–H and O–H groups in total. The van der Waals surface area contributed by atoms with Crippen molar-refractivity contribution in [2.75, 3.05) is 33.1 Å². The van der Waals surface area contributed by atoms with Crippen LogP contribution in [0.1, 0.15) is 15.9 Å². The number of rotatable bonds is 5. The number of hydrogen-bond donors (Lipinski definition) is 1. The van der Waals surface area contributed by atoms with Crippen molar-refractivity contribution in [2.45, 2.75) is 13.0 Å². The molecule has 0 aliphatic carbocycles.